The number of aryl methyl sites for hydroxylation is 1. The van der Waals surface area contributed by atoms with Crippen LogP contribution >= 0.6 is 11.8 Å². The van der Waals surface area contributed by atoms with E-state index in [-0.39, 0.29) is 5.91 Å². The number of nitrogens with one attached hydrogen (secondary N) is 1. The fraction of sp³-hybridized carbons (Fsp3) is 0.381. The second-order valence-electron chi connectivity index (χ2n) is 6.69. The van der Waals surface area contributed by atoms with Crippen molar-refractivity contribution in [1.82, 2.24) is 0 Å². The van der Waals surface area contributed by atoms with E-state index in [0.29, 0.717) is 12.4 Å². The summed E-state index contributed by atoms with van der Waals surface area (Å²) in [6.07, 6.45) is 2.60. The van der Waals surface area contributed by atoms with Crippen LogP contribution in [0.4, 0.5) is 5.69 Å². The summed E-state index contributed by atoms with van der Waals surface area (Å²) in [4.78, 5) is 12.1. The lowest BCUT2D eigenvalue weighted by molar-refractivity contribution is -0.113. The van der Waals surface area contributed by atoms with Crippen LogP contribution in [-0.2, 0) is 21.9 Å². The lowest BCUT2D eigenvalue weighted by atomic mass is 10.2. The van der Waals surface area contributed by atoms with Gasteiger partial charge in [0.05, 0.1) is 12.4 Å². The van der Waals surface area contributed by atoms with Crippen LogP contribution < -0.4 is 5.32 Å². The first-order chi connectivity index (χ1) is 12.2. The Morgan fingerprint density at radius 2 is 1.96 bits per heavy atom. The van der Waals surface area contributed by atoms with E-state index in [4.69, 9.17) is 4.74 Å². The molecule has 0 aliphatic heterocycles. The minimum atomic E-state index is 0.0358. The quantitative estimate of drug-likeness (QED) is 0.702. The molecule has 0 bridgehead atoms. The molecule has 2 aromatic rings. The number of anilines is 1. The van der Waals surface area contributed by atoms with Crippen molar-refractivity contribution >= 4 is 23.4 Å². The third-order valence-electron chi connectivity index (χ3n) is 4.11. The van der Waals surface area contributed by atoms with Crippen LogP contribution in [0, 0.1) is 12.8 Å². The Morgan fingerprint density at radius 3 is 2.76 bits per heavy atom. The van der Waals surface area contributed by atoms with Crippen LogP contribution in [0.3, 0.4) is 0 Å². The zero-order valence-electron chi connectivity index (χ0n) is 14.7. The van der Waals surface area contributed by atoms with Gasteiger partial charge in [0.1, 0.15) is 0 Å². The standard InChI is InChI=1S/C21H25NO2S/c1-16-4-2-6-19(10-16)14-25-15-21(23)22-20-7-3-5-18(11-20)13-24-12-17-8-9-17/h2-7,10-11,17H,8-9,12-15H2,1H3,(H,22,23). The number of ether oxygens (including phenoxy) is 1. The Kier molecular flexibility index (Phi) is 6.54. The molecule has 1 amide bonds. The lowest BCUT2D eigenvalue weighted by Gasteiger charge is -2.08. The van der Waals surface area contributed by atoms with Gasteiger partial charge < -0.3 is 10.1 Å². The molecule has 3 rings (SSSR count). The molecule has 0 spiro atoms. The second-order valence-corrected chi connectivity index (χ2v) is 7.67. The molecular weight excluding hydrogens is 330 g/mol. The fourth-order valence-corrected chi connectivity index (χ4v) is 3.40. The van der Waals surface area contributed by atoms with Crippen LogP contribution in [-0.4, -0.2) is 18.3 Å². The van der Waals surface area contributed by atoms with Gasteiger partial charge in [0.15, 0.2) is 0 Å². The Labute approximate surface area is 154 Å². The maximum atomic E-state index is 12.1. The van der Waals surface area contributed by atoms with Gasteiger partial charge in [-0.25, -0.2) is 0 Å². The highest BCUT2D eigenvalue weighted by molar-refractivity contribution is 7.99. The first kappa shape index (κ1) is 18.0. The summed E-state index contributed by atoms with van der Waals surface area (Å²) in [5, 5.41) is 2.98. The zero-order chi connectivity index (χ0) is 17.5. The third kappa shape index (κ3) is 6.56. The smallest absolute Gasteiger partial charge is 0.234 e. The van der Waals surface area contributed by atoms with E-state index in [1.807, 2.05) is 24.3 Å². The summed E-state index contributed by atoms with van der Waals surface area (Å²) in [5.41, 5.74) is 4.45. The van der Waals surface area contributed by atoms with E-state index in [1.54, 1.807) is 11.8 Å². The number of amides is 1. The van der Waals surface area contributed by atoms with Crippen molar-refractivity contribution in [3.05, 3.63) is 65.2 Å². The van der Waals surface area contributed by atoms with Gasteiger partial charge in [-0.05, 0) is 48.9 Å². The van der Waals surface area contributed by atoms with Crippen molar-refractivity contribution in [2.75, 3.05) is 17.7 Å². The van der Waals surface area contributed by atoms with Crippen LogP contribution in [0.2, 0.25) is 0 Å². The average Bonchev–Trinajstić information content (AvgIpc) is 3.40. The molecule has 1 aliphatic carbocycles. The van der Waals surface area contributed by atoms with Gasteiger partial charge in [0.25, 0.3) is 0 Å². The molecule has 4 heteroatoms. The molecular formula is C21H25NO2S. The van der Waals surface area contributed by atoms with Crippen LogP contribution in [0.25, 0.3) is 0 Å². The normalized spacial score (nSPS) is 13.6. The summed E-state index contributed by atoms with van der Waals surface area (Å²) in [7, 11) is 0. The fourth-order valence-electron chi connectivity index (χ4n) is 2.63. The number of hydrogen-bond donors (Lipinski definition) is 1. The van der Waals surface area contributed by atoms with Crippen molar-refractivity contribution in [1.29, 1.82) is 0 Å². The van der Waals surface area contributed by atoms with Gasteiger partial charge in [-0.1, -0.05) is 42.0 Å². The maximum absolute atomic E-state index is 12.1. The van der Waals surface area contributed by atoms with E-state index in [1.165, 1.54) is 24.0 Å². The van der Waals surface area contributed by atoms with E-state index in [2.05, 4.69) is 36.5 Å². The van der Waals surface area contributed by atoms with Gasteiger partial charge in [-0.3, -0.25) is 4.79 Å². The van der Waals surface area contributed by atoms with Crippen molar-refractivity contribution < 1.29 is 9.53 Å². The molecule has 1 aliphatic rings. The molecule has 1 N–H and O–H groups in total. The Bertz CT molecular complexity index is 713. The number of hydrogen-bond acceptors (Lipinski definition) is 3. The molecule has 0 unspecified atom stereocenters. The number of carbonyl (C=O) groups is 1. The Hall–Kier alpha value is -1.78. The predicted molar refractivity (Wildman–Crippen MR) is 105 cm³/mol. The minimum Gasteiger partial charge on any atom is -0.376 e. The van der Waals surface area contributed by atoms with Crippen molar-refractivity contribution in [2.24, 2.45) is 5.92 Å². The molecule has 0 heterocycles. The van der Waals surface area contributed by atoms with Crippen molar-refractivity contribution in [2.45, 2.75) is 32.1 Å². The number of thioether (sulfide) groups is 1. The highest BCUT2D eigenvalue weighted by Gasteiger charge is 2.21. The molecule has 0 aromatic heterocycles. The van der Waals surface area contributed by atoms with Gasteiger partial charge >= 0.3 is 0 Å². The minimum absolute atomic E-state index is 0.0358. The van der Waals surface area contributed by atoms with Gasteiger partial charge in [0, 0.05) is 18.0 Å². The van der Waals surface area contributed by atoms with E-state index in [9.17, 15) is 4.79 Å². The van der Waals surface area contributed by atoms with Crippen LogP contribution in [0.1, 0.15) is 29.5 Å². The summed E-state index contributed by atoms with van der Waals surface area (Å²) in [6.45, 7) is 3.55. The highest BCUT2D eigenvalue weighted by Crippen LogP contribution is 2.29. The molecule has 25 heavy (non-hydrogen) atoms. The van der Waals surface area contributed by atoms with E-state index < -0.39 is 0 Å². The van der Waals surface area contributed by atoms with Crippen molar-refractivity contribution in [3.8, 4) is 0 Å². The topological polar surface area (TPSA) is 38.3 Å². The molecule has 2 aromatic carbocycles. The average molecular weight is 356 g/mol. The van der Waals surface area contributed by atoms with Gasteiger partial charge in [-0.2, -0.15) is 0 Å². The number of carbonyl (C=O) groups excluding carboxylic acids is 1. The summed E-state index contributed by atoms with van der Waals surface area (Å²) in [6, 6.07) is 16.3. The summed E-state index contributed by atoms with van der Waals surface area (Å²) in [5.74, 6) is 2.11. The molecule has 3 nitrogen and oxygen atoms in total. The Balaban J connectivity index is 1.40. The second kappa shape index (κ2) is 9.07. The van der Waals surface area contributed by atoms with Crippen LogP contribution in [0.5, 0.6) is 0 Å². The lowest BCUT2D eigenvalue weighted by Crippen LogP contribution is -2.14. The monoisotopic (exact) mass is 355 g/mol. The Morgan fingerprint density at radius 1 is 1.16 bits per heavy atom. The number of benzene rings is 2. The molecule has 132 valence electrons. The third-order valence-corrected chi connectivity index (χ3v) is 5.12. The summed E-state index contributed by atoms with van der Waals surface area (Å²) >= 11 is 1.63. The van der Waals surface area contributed by atoms with Crippen LogP contribution in [0.15, 0.2) is 48.5 Å². The van der Waals surface area contributed by atoms with E-state index in [0.717, 1.165) is 29.5 Å². The molecule has 0 radical (unpaired) electrons. The largest absolute Gasteiger partial charge is 0.376 e. The predicted octanol–water partition coefficient (Wildman–Crippen LogP) is 4.79. The first-order valence-electron chi connectivity index (χ1n) is 8.79. The zero-order valence-corrected chi connectivity index (χ0v) is 15.5. The SMILES string of the molecule is Cc1cccc(CSCC(=O)Nc2cccc(COCC3CC3)c2)c1. The maximum Gasteiger partial charge on any atom is 0.234 e. The number of rotatable bonds is 9. The van der Waals surface area contributed by atoms with Gasteiger partial charge in [0.2, 0.25) is 5.91 Å². The van der Waals surface area contributed by atoms with Crippen molar-refractivity contribution in [3.63, 3.8) is 0 Å². The summed E-state index contributed by atoms with van der Waals surface area (Å²) < 4.78 is 5.71. The molecule has 1 fully saturated rings. The van der Waals surface area contributed by atoms with Gasteiger partial charge in [-0.15, -0.1) is 11.8 Å². The molecule has 0 saturated heterocycles. The van der Waals surface area contributed by atoms with E-state index >= 15 is 0 Å². The highest BCUT2D eigenvalue weighted by atomic mass is 32.2. The molecule has 1 saturated carbocycles. The first-order valence-corrected chi connectivity index (χ1v) is 9.94. The molecule has 0 atom stereocenters.